The van der Waals surface area contributed by atoms with Gasteiger partial charge in [-0.2, -0.15) is 0 Å². The fraction of sp³-hybridized carbons (Fsp3) is 0.407. The number of aromatic nitrogens is 3. The Morgan fingerprint density at radius 1 is 1.19 bits per heavy atom. The van der Waals surface area contributed by atoms with Crippen LogP contribution >= 0.6 is 11.6 Å². The zero-order valence-electron chi connectivity index (χ0n) is 20.5. The quantitative estimate of drug-likeness (QED) is 0.505. The molecule has 0 amide bonds. The molecule has 1 aliphatic heterocycles. The lowest BCUT2D eigenvalue weighted by Gasteiger charge is -2.35. The van der Waals surface area contributed by atoms with Crippen molar-refractivity contribution in [2.45, 2.75) is 37.7 Å². The van der Waals surface area contributed by atoms with Crippen molar-refractivity contribution >= 4 is 33.3 Å². The minimum atomic E-state index is -3.20. The molecule has 0 saturated carbocycles. The maximum atomic E-state index is 12.1. The number of rotatable bonds is 6. The molecule has 2 aliphatic rings. The maximum Gasteiger partial charge on any atom is 0.211 e. The first-order chi connectivity index (χ1) is 17.2. The van der Waals surface area contributed by atoms with Crippen LogP contribution in [0.2, 0.25) is 5.02 Å². The predicted molar refractivity (Wildman–Crippen MR) is 142 cm³/mol. The van der Waals surface area contributed by atoms with Crippen LogP contribution in [0.4, 0.5) is 0 Å². The number of halogens is 1. The van der Waals surface area contributed by atoms with Gasteiger partial charge in [-0.25, -0.2) is 17.7 Å². The lowest BCUT2D eigenvalue weighted by Crippen LogP contribution is -2.39. The van der Waals surface area contributed by atoms with Crippen LogP contribution < -0.4 is 0 Å². The zero-order chi connectivity index (χ0) is 25.4. The molecule has 190 valence electrons. The molecule has 1 aliphatic carbocycles. The summed E-state index contributed by atoms with van der Waals surface area (Å²) in [5, 5.41) is 11.4. The summed E-state index contributed by atoms with van der Waals surface area (Å²) in [7, 11) is -1.31. The number of imidazole rings is 1. The molecule has 3 aromatic rings. The fourth-order valence-corrected chi connectivity index (χ4v) is 6.63. The van der Waals surface area contributed by atoms with Crippen LogP contribution in [0.15, 0.2) is 49.1 Å². The van der Waals surface area contributed by atoms with Crippen LogP contribution in [-0.2, 0) is 17.1 Å². The monoisotopic (exact) mass is 526 g/mol. The zero-order valence-corrected chi connectivity index (χ0v) is 22.1. The number of piperidine rings is 1. The summed E-state index contributed by atoms with van der Waals surface area (Å²) in [5.74, 6) is 0.285. The Morgan fingerprint density at radius 3 is 2.67 bits per heavy atom. The van der Waals surface area contributed by atoms with Gasteiger partial charge in [-0.15, -0.1) is 0 Å². The van der Waals surface area contributed by atoms with Crippen molar-refractivity contribution in [1.82, 2.24) is 18.8 Å². The molecule has 1 aromatic carbocycles. The average molecular weight is 527 g/mol. The van der Waals surface area contributed by atoms with E-state index in [0.29, 0.717) is 36.6 Å². The highest BCUT2D eigenvalue weighted by Gasteiger charge is 2.36. The Balaban J connectivity index is 1.50. The smallest absolute Gasteiger partial charge is 0.211 e. The van der Waals surface area contributed by atoms with Crippen LogP contribution in [0.25, 0.3) is 11.6 Å². The number of benzene rings is 1. The predicted octanol–water partition coefficient (Wildman–Crippen LogP) is 4.64. The molecule has 1 fully saturated rings. The Morgan fingerprint density at radius 2 is 1.97 bits per heavy atom. The van der Waals surface area contributed by atoms with Gasteiger partial charge in [0.15, 0.2) is 0 Å². The number of hydrogen-bond donors (Lipinski definition) is 1. The van der Waals surface area contributed by atoms with Gasteiger partial charge in [-0.05, 0) is 72.1 Å². The summed E-state index contributed by atoms with van der Waals surface area (Å²) >= 11 is 6.43. The molecule has 0 spiro atoms. The van der Waals surface area contributed by atoms with Gasteiger partial charge in [0.2, 0.25) is 10.0 Å². The number of aliphatic hydroxyl groups excluding tert-OH is 1. The first-order valence-corrected chi connectivity index (χ1v) is 14.5. The van der Waals surface area contributed by atoms with Crippen molar-refractivity contribution < 1.29 is 13.5 Å². The third-order valence-electron chi connectivity index (χ3n) is 7.39. The number of aryl methyl sites for hydroxylation is 1. The van der Waals surface area contributed by atoms with E-state index in [9.17, 15) is 13.5 Å². The first kappa shape index (κ1) is 25.1. The van der Waals surface area contributed by atoms with Crippen LogP contribution in [0.1, 0.15) is 65.8 Å². The van der Waals surface area contributed by atoms with Crippen molar-refractivity contribution in [3.63, 3.8) is 0 Å². The molecular weight excluding hydrogens is 496 g/mol. The van der Waals surface area contributed by atoms with Gasteiger partial charge in [0.1, 0.15) is 0 Å². The molecule has 1 N–H and O–H groups in total. The standard InChI is InChI=1S/C27H31ClN4O3S/c1-31-16-24(30-17-31)25(33)8-5-19-14-20-15-21(28)6-7-22(20)26(27-23(19)4-3-11-29-27)18-9-12-32(13-10-18)36(2,34)35/h3-4,6-7,11,14-18,25-26,33H,5,8-10,12-13H2,1-2H3. The summed E-state index contributed by atoms with van der Waals surface area (Å²) in [6.45, 7) is 1.03. The second-order valence-corrected chi connectivity index (χ2v) is 12.3. The summed E-state index contributed by atoms with van der Waals surface area (Å²) < 4.78 is 27.6. The summed E-state index contributed by atoms with van der Waals surface area (Å²) in [6, 6.07) is 10.1. The number of nitrogens with zero attached hydrogens (tertiary/aromatic N) is 4. The van der Waals surface area contributed by atoms with Crippen LogP contribution in [0.3, 0.4) is 0 Å². The Labute approximate surface area is 217 Å². The van der Waals surface area contributed by atoms with E-state index in [-0.39, 0.29) is 11.8 Å². The molecule has 0 bridgehead atoms. The van der Waals surface area contributed by atoms with Crippen molar-refractivity contribution in [3.05, 3.63) is 82.2 Å². The Bertz CT molecular complexity index is 1390. The van der Waals surface area contributed by atoms with Gasteiger partial charge in [0, 0.05) is 43.5 Å². The molecule has 9 heteroatoms. The molecule has 2 aromatic heterocycles. The molecule has 3 heterocycles. The molecule has 1 saturated heterocycles. The number of aliphatic hydroxyl groups is 1. The van der Waals surface area contributed by atoms with E-state index >= 15 is 0 Å². The van der Waals surface area contributed by atoms with Crippen molar-refractivity contribution in [2.75, 3.05) is 19.3 Å². The van der Waals surface area contributed by atoms with E-state index in [4.69, 9.17) is 16.6 Å². The minimum absolute atomic E-state index is 0.0321. The number of fused-ring (bicyclic) bond motifs is 2. The lowest BCUT2D eigenvalue weighted by molar-refractivity contribution is 0.165. The lowest BCUT2D eigenvalue weighted by atomic mass is 9.76. The molecule has 7 nitrogen and oxygen atoms in total. The molecule has 5 rings (SSSR count). The van der Waals surface area contributed by atoms with Gasteiger partial charge >= 0.3 is 0 Å². The minimum Gasteiger partial charge on any atom is -0.387 e. The van der Waals surface area contributed by atoms with Crippen molar-refractivity contribution in [3.8, 4) is 0 Å². The molecule has 2 atom stereocenters. The number of pyridine rings is 1. The third-order valence-corrected chi connectivity index (χ3v) is 8.92. The van der Waals surface area contributed by atoms with E-state index in [1.807, 2.05) is 42.2 Å². The van der Waals surface area contributed by atoms with E-state index in [1.165, 1.54) is 6.26 Å². The highest BCUT2D eigenvalue weighted by molar-refractivity contribution is 7.88. The summed E-state index contributed by atoms with van der Waals surface area (Å²) in [6.07, 6.45) is 10.9. The largest absolute Gasteiger partial charge is 0.387 e. The van der Waals surface area contributed by atoms with Gasteiger partial charge in [0.25, 0.3) is 0 Å². The number of allylic oxidation sites excluding steroid dienone is 1. The SMILES string of the molecule is Cn1cnc(C(O)CCC2=Cc3cc(Cl)ccc3C(C3CCN(S(C)(=O)=O)CC3)c3ncccc32)c1. The van der Waals surface area contributed by atoms with Crippen LogP contribution in [0.5, 0.6) is 0 Å². The highest BCUT2D eigenvalue weighted by Crippen LogP contribution is 2.45. The van der Waals surface area contributed by atoms with E-state index in [2.05, 4.69) is 23.2 Å². The van der Waals surface area contributed by atoms with Gasteiger partial charge < -0.3 is 9.67 Å². The van der Waals surface area contributed by atoms with Crippen molar-refractivity contribution in [2.24, 2.45) is 13.0 Å². The Kier molecular flexibility index (Phi) is 7.05. The number of sulfonamides is 1. The van der Waals surface area contributed by atoms with E-state index in [1.54, 1.807) is 10.6 Å². The highest BCUT2D eigenvalue weighted by atomic mass is 35.5. The van der Waals surface area contributed by atoms with E-state index < -0.39 is 16.1 Å². The maximum absolute atomic E-state index is 12.1. The topological polar surface area (TPSA) is 88.3 Å². The second kappa shape index (κ2) is 10.1. The first-order valence-electron chi connectivity index (χ1n) is 12.3. The van der Waals surface area contributed by atoms with Gasteiger partial charge in [-0.1, -0.05) is 29.8 Å². The van der Waals surface area contributed by atoms with Crippen molar-refractivity contribution in [1.29, 1.82) is 0 Å². The summed E-state index contributed by atoms with van der Waals surface area (Å²) in [5.41, 5.74) is 6.07. The van der Waals surface area contributed by atoms with Crippen LogP contribution in [0, 0.1) is 5.92 Å². The molecular formula is C27H31ClN4O3S. The van der Waals surface area contributed by atoms with Gasteiger partial charge in [0.05, 0.1) is 30.1 Å². The van der Waals surface area contributed by atoms with Gasteiger partial charge in [-0.3, -0.25) is 4.98 Å². The molecule has 0 radical (unpaired) electrons. The molecule has 36 heavy (non-hydrogen) atoms. The second-order valence-electron chi connectivity index (χ2n) is 9.87. The normalized spacial score (nSPS) is 19.8. The average Bonchev–Trinajstić information content (AvgIpc) is 3.24. The fourth-order valence-electron chi connectivity index (χ4n) is 5.57. The summed E-state index contributed by atoms with van der Waals surface area (Å²) in [4.78, 5) is 9.18. The Hall–Kier alpha value is -2.52. The molecule has 2 unspecified atom stereocenters. The third kappa shape index (κ3) is 5.13. The number of hydrogen-bond acceptors (Lipinski definition) is 5. The van der Waals surface area contributed by atoms with Crippen LogP contribution in [-0.4, -0.2) is 51.7 Å². The van der Waals surface area contributed by atoms with E-state index in [0.717, 1.165) is 40.8 Å².